The van der Waals surface area contributed by atoms with E-state index in [0.29, 0.717) is 18.9 Å². The van der Waals surface area contributed by atoms with Gasteiger partial charge in [0.2, 0.25) is 0 Å². The summed E-state index contributed by atoms with van der Waals surface area (Å²) in [5.74, 6) is 0.508. The van der Waals surface area contributed by atoms with Gasteiger partial charge in [-0.1, -0.05) is 43.5 Å². The maximum atomic E-state index is 12.1. The summed E-state index contributed by atoms with van der Waals surface area (Å²) in [5, 5.41) is 56.8. The zero-order valence-electron chi connectivity index (χ0n) is 22.6. The Kier molecular flexibility index (Phi) is 10.2. The number of amides is 2. The quantitative estimate of drug-likeness (QED) is 0.257. The number of aryl methyl sites for hydroxylation is 1. The number of ether oxygens (including phenoxy) is 1. The molecule has 0 aromatic heterocycles. The molecule has 214 valence electrons. The lowest BCUT2D eigenvalue weighted by Crippen LogP contribution is -2.55. The smallest absolute Gasteiger partial charge is 0.314 e. The van der Waals surface area contributed by atoms with E-state index in [1.807, 2.05) is 31.2 Å². The largest absolute Gasteiger partial charge is 0.508 e. The highest BCUT2D eigenvalue weighted by Crippen LogP contribution is 2.38. The SMILES string of the molecule is Cc1cc(O)c(C2OC(CO)[C@@H](O)C(O)[C@H]2O)cc1Cc1ccc(CCNC(=O)NCC2CCCCC2)cc1. The normalized spacial score (nSPS) is 25.8. The van der Waals surface area contributed by atoms with Gasteiger partial charge in [-0.3, -0.25) is 0 Å². The topological polar surface area (TPSA) is 152 Å². The van der Waals surface area contributed by atoms with Crippen LogP contribution in [0, 0.1) is 12.8 Å². The van der Waals surface area contributed by atoms with Gasteiger partial charge in [0.25, 0.3) is 0 Å². The van der Waals surface area contributed by atoms with Crippen LogP contribution >= 0.6 is 0 Å². The highest BCUT2D eigenvalue weighted by Gasteiger charge is 2.44. The van der Waals surface area contributed by atoms with E-state index >= 15 is 0 Å². The summed E-state index contributed by atoms with van der Waals surface area (Å²) in [6, 6.07) is 11.3. The molecular formula is C30H42N2O7. The molecule has 2 fully saturated rings. The third-order valence-electron chi connectivity index (χ3n) is 8.08. The lowest BCUT2D eigenvalue weighted by atomic mass is 9.88. The van der Waals surface area contributed by atoms with Crippen LogP contribution in [0.5, 0.6) is 5.75 Å². The highest BCUT2D eigenvalue weighted by atomic mass is 16.5. The number of phenols is 1. The van der Waals surface area contributed by atoms with Gasteiger partial charge in [0, 0.05) is 18.7 Å². The first-order valence-corrected chi connectivity index (χ1v) is 14.0. The highest BCUT2D eigenvalue weighted by molar-refractivity contribution is 5.73. The number of nitrogens with one attached hydrogen (secondary N) is 2. The molecular weight excluding hydrogens is 500 g/mol. The van der Waals surface area contributed by atoms with E-state index in [4.69, 9.17) is 4.74 Å². The Hall–Kier alpha value is -2.69. The Morgan fingerprint density at radius 1 is 0.949 bits per heavy atom. The number of benzene rings is 2. The number of aromatic hydroxyl groups is 1. The monoisotopic (exact) mass is 542 g/mol. The second-order valence-corrected chi connectivity index (χ2v) is 11.0. The van der Waals surface area contributed by atoms with Gasteiger partial charge in [-0.15, -0.1) is 0 Å². The van der Waals surface area contributed by atoms with Gasteiger partial charge in [-0.2, -0.15) is 0 Å². The van der Waals surface area contributed by atoms with Gasteiger partial charge in [-0.05, 0) is 72.9 Å². The van der Waals surface area contributed by atoms with Crippen molar-refractivity contribution < 1.29 is 35.1 Å². The molecule has 1 aliphatic heterocycles. The van der Waals surface area contributed by atoms with Gasteiger partial charge in [0.1, 0.15) is 36.3 Å². The van der Waals surface area contributed by atoms with Crippen molar-refractivity contribution in [3.63, 3.8) is 0 Å². The van der Waals surface area contributed by atoms with Gasteiger partial charge in [0.05, 0.1) is 6.61 Å². The van der Waals surface area contributed by atoms with Crippen molar-refractivity contribution in [2.75, 3.05) is 19.7 Å². The molecule has 1 heterocycles. The predicted molar refractivity (Wildman–Crippen MR) is 146 cm³/mol. The molecule has 4 rings (SSSR count). The fourth-order valence-corrected chi connectivity index (χ4v) is 5.59. The summed E-state index contributed by atoms with van der Waals surface area (Å²) in [6.07, 6.45) is 0.910. The van der Waals surface area contributed by atoms with Crippen LogP contribution in [0.3, 0.4) is 0 Å². The van der Waals surface area contributed by atoms with Crippen molar-refractivity contribution in [2.45, 2.75) is 82.4 Å². The zero-order chi connectivity index (χ0) is 27.9. The number of hydrogen-bond donors (Lipinski definition) is 7. The van der Waals surface area contributed by atoms with E-state index in [9.17, 15) is 30.3 Å². The Balaban J connectivity index is 1.32. The third kappa shape index (κ3) is 7.49. The van der Waals surface area contributed by atoms with Crippen LogP contribution in [0.15, 0.2) is 36.4 Å². The van der Waals surface area contributed by atoms with E-state index in [0.717, 1.165) is 35.2 Å². The molecule has 0 spiro atoms. The van der Waals surface area contributed by atoms with Gasteiger partial charge < -0.3 is 40.9 Å². The summed E-state index contributed by atoms with van der Waals surface area (Å²) >= 11 is 0. The second kappa shape index (κ2) is 13.6. The van der Waals surface area contributed by atoms with Crippen LogP contribution in [-0.4, -0.2) is 75.7 Å². The Morgan fingerprint density at radius 3 is 2.33 bits per heavy atom. The van der Waals surface area contributed by atoms with Crippen LogP contribution in [0.1, 0.15) is 66.0 Å². The molecule has 2 aromatic rings. The van der Waals surface area contributed by atoms with Crippen molar-refractivity contribution in [3.05, 3.63) is 64.2 Å². The molecule has 3 unspecified atom stereocenters. The number of aliphatic hydroxyl groups excluding tert-OH is 4. The molecule has 1 saturated heterocycles. The fourth-order valence-electron chi connectivity index (χ4n) is 5.59. The first-order chi connectivity index (χ1) is 18.8. The number of carbonyl (C=O) groups excluding carboxylic acids is 1. The summed E-state index contributed by atoms with van der Waals surface area (Å²) in [7, 11) is 0. The van der Waals surface area contributed by atoms with Crippen molar-refractivity contribution in [1.82, 2.24) is 10.6 Å². The molecule has 9 nitrogen and oxygen atoms in total. The van der Waals surface area contributed by atoms with Crippen LogP contribution in [0.2, 0.25) is 0 Å². The van der Waals surface area contributed by atoms with E-state index in [1.54, 1.807) is 12.1 Å². The Morgan fingerprint density at radius 2 is 1.64 bits per heavy atom. The summed E-state index contributed by atoms with van der Waals surface area (Å²) in [6.45, 7) is 2.64. The van der Waals surface area contributed by atoms with E-state index in [2.05, 4.69) is 10.6 Å². The summed E-state index contributed by atoms with van der Waals surface area (Å²) in [5.41, 5.74) is 4.20. The second-order valence-electron chi connectivity index (χ2n) is 11.0. The standard InChI is InChI=1S/C30H42N2O7/c1-18-13-24(34)23(29-28(37)27(36)26(35)25(17-33)39-29)15-22(18)14-20-9-7-19(8-10-20)11-12-31-30(38)32-16-21-5-3-2-4-6-21/h7-10,13,15,21,25-29,33-37H,2-6,11-12,14,16-17H2,1H3,(H2,31,32,38)/t25?,26-,27?,28-,29?/m1/s1. The number of phenolic OH excluding ortho intramolecular Hbond substituents is 1. The lowest BCUT2D eigenvalue weighted by Gasteiger charge is -2.40. The Bertz CT molecular complexity index is 1090. The van der Waals surface area contributed by atoms with Crippen molar-refractivity contribution in [3.8, 4) is 5.75 Å². The van der Waals surface area contributed by atoms with Crippen LogP contribution in [0.4, 0.5) is 4.79 Å². The maximum absolute atomic E-state index is 12.1. The minimum Gasteiger partial charge on any atom is -0.508 e. The van der Waals surface area contributed by atoms with Crippen LogP contribution in [-0.2, 0) is 17.6 Å². The molecule has 0 bridgehead atoms. The molecule has 39 heavy (non-hydrogen) atoms. The Labute approximate surface area is 229 Å². The van der Waals surface area contributed by atoms with Crippen LogP contribution < -0.4 is 10.6 Å². The lowest BCUT2D eigenvalue weighted by molar-refractivity contribution is -0.232. The molecule has 2 amide bonds. The molecule has 2 aliphatic rings. The van der Waals surface area contributed by atoms with Gasteiger partial charge in [0.15, 0.2) is 0 Å². The number of rotatable bonds is 9. The predicted octanol–water partition coefficient (Wildman–Crippen LogP) is 2.23. The number of urea groups is 1. The zero-order valence-corrected chi connectivity index (χ0v) is 22.6. The third-order valence-corrected chi connectivity index (χ3v) is 8.08. The van der Waals surface area contributed by atoms with Crippen molar-refractivity contribution >= 4 is 6.03 Å². The molecule has 7 N–H and O–H groups in total. The van der Waals surface area contributed by atoms with Gasteiger partial charge >= 0.3 is 6.03 Å². The number of carbonyl (C=O) groups is 1. The van der Waals surface area contributed by atoms with Crippen LogP contribution in [0.25, 0.3) is 0 Å². The fraction of sp³-hybridized carbons (Fsp3) is 0.567. The van der Waals surface area contributed by atoms with E-state index in [-0.39, 0.29) is 17.3 Å². The summed E-state index contributed by atoms with van der Waals surface area (Å²) < 4.78 is 5.65. The number of aliphatic hydroxyl groups is 4. The molecule has 1 aliphatic carbocycles. The summed E-state index contributed by atoms with van der Waals surface area (Å²) in [4.78, 5) is 12.1. The molecule has 5 atom stereocenters. The first kappa shape index (κ1) is 29.3. The molecule has 9 heteroatoms. The van der Waals surface area contributed by atoms with E-state index in [1.165, 1.54) is 32.1 Å². The minimum atomic E-state index is -1.52. The van der Waals surface area contributed by atoms with E-state index < -0.39 is 37.1 Å². The average molecular weight is 543 g/mol. The van der Waals surface area contributed by atoms with Gasteiger partial charge in [-0.25, -0.2) is 4.79 Å². The van der Waals surface area contributed by atoms with Crippen molar-refractivity contribution in [2.24, 2.45) is 5.92 Å². The first-order valence-electron chi connectivity index (χ1n) is 14.0. The molecule has 0 radical (unpaired) electrons. The van der Waals surface area contributed by atoms with Crippen molar-refractivity contribution in [1.29, 1.82) is 0 Å². The minimum absolute atomic E-state index is 0.0915. The maximum Gasteiger partial charge on any atom is 0.314 e. The average Bonchev–Trinajstić information content (AvgIpc) is 2.94. The number of hydrogen-bond acceptors (Lipinski definition) is 7. The molecule has 2 aromatic carbocycles. The molecule has 1 saturated carbocycles.